The van der Waals surface area contributed by atoms with Gasteiger partial charge in [0.25, 0.3) is 0 Å². The van der Waals surface area contributed by atoms with Crippen LogP contribution in [0.5, 0.6) is 0 Å². The van der Waals surface area contributed by atoms with Gasteiger partial charge in [-0.25, -0.2) is 9.37 Å². The van der Waals surface area contributed by atoms with E-state index in [0.29, 0.717) is 16.9 Å². The molecule has 20 heavy (non-hydrogen) atoms. The molecule has 0 saturated carbocycles. The minimum Gasteiger partial charge on any atom is -0.389 e. The van der Waals surface area contributed by atoms with Crippen molar-refractivity contribution in [2.24, 2.45) is 5.73 Å². The largest absolute Gasteiger partial charge is 0.389 e. The molecular weight excluding hydrogens is 273 g/mol. The fourth-order valence-electron chi connectivity index (χ4n) is 2.08. The maximum Gasteiger partial charge on any atom is 0.139 e. The molecular formula is C15H16FN3S. The molecule has 3 nitrogen and oxygen atoms in total. The van der Waals surface area contributed by atoms with Gasteiger partial charge in [0, 0.05) is 18.8 Å². The van der Waals surface area contributed by atoms with E-state index in [-0.39, 0.29) is 16.8 Å². The predicted molar refractivity (Wildman–Crippen MR) is 83.3 cm³/mol. The summed E-state index contributed by atoms with van der Waals surface area (Å²) in [6.45, 7) is 1.91. The topological polar surface area (TPSA) is 42.2 Å². The van der Waals surface area contributed by atoms with Crippen molar-refractivity contribution >= 4 is 23.0 Å². The van der Waals surface area contributed by atoms with Gasteiger partial charge in [0.05, 0.1) is 11.6 Å². The van der Waals surface area contributed by atoms with Crippen LogP contribution < -0.4 is 10.6 Å². The number of nitrogens with zero attached hydrogens (tertiary/aromatic N) is 2. The lowest BCUT2D eigenvalue weighted by molar-refractivity contribution is 0.584. The van der Waals surface area contributed by atoms with Crippen LogP contribution in [0.4, 0.5) is 10.2 Å². The monoisotopic (exact) mass is 289 g/mol. The van der Waals surface area contributed by atoms with E-state index in [1.54, 1.807) is 24.4 Å². The molecule has 1 unspecified atom stereocenters. The predicted octanol–water partition coefficient (Wildman–Crippen LogP) is 3.05. The molecule has 0 aliphatic heterocycles. The summed E-state index contributed by atoms with van der Waals surface area (Å²) in [5, 5.41) is 0. The molecule has 0 saturated heterocycles. The molecule has 2 rings (SSSR count). The molecule has 2 N–H and O–H groups in total. The van der Waals surface area contributed by atoms with Crippen molar-refractivity contribution in [1.82, 2.24) is 4.98 Å². The molecule has 104 valence electrons. The number of rotatable bonds is 4. The summed E-state index contributed by atoms with van der Waals surface area (Å²) in [7, 11) is 1.85. The van der Waals surface area contributed by atoms with Crippen molar-refractivity contribution in [3.63, 3.8) is 0 Å². The van der Waals surface area contributed by atoms with Crippen LogP contribution in [0.15, 0.2) is 42.6 Å². The minimum atomic E-state index is -0.236. The highest BCUT2D eigenvalue weighted by Crippen LogP contribution is 2.27. The zero-order chi connectivity index (χ0) is 14.7. The molecule has 0 aliphatic rings. The Hall–Kier alpha value is -2.01. The van der Waals surface area contributed by atoms with Gasteiger partial charge in [-0.2, -0.15) is 0 Å². The molecule has 2 aromatic rings. The van der Waals surface area contributed by atoms with Crippen LogP contribution in [0, 0.1) is 5.82 Å². The Morgan fingerprint density at radius 3 is 2.65 bits per heavy atom. The summed E-state index contributed by atoms with van der Waals surface area (Å²) >= 11 is 5.03. The zero-order valence-electron chi connectivity index (χ0n) is 11.4. The number of halogens is 1. The van der Waals surface area contributed by atoms with E-state index < -0.39 is 0 Å². The first-order chi connectivity index (χ1) is 9.52. The average Bonchev–Trinajstić information content (AvgIpc) is 2.46. The molecule has 1 atom stereocenters. The van der Waals surface area contributed by atoms with Gasteiger partial charge in [-0.05, 0) is 25.1 Å². The van der Waals surface area contributed by atoms with E-state index in [1.165, 1.54) is 6.07 Å². The van der Waals surface area contributed by atoms with Crippen LogP contribution in [0.1, 0.15) is 24.1 Å². The molecule has 1 aromatic carbocycles. The standard InChI is InChI=1S/C15H16FN3S/c1-10(11-6-3-4-8-13(11)16)19(2)15-12(14(17)20)7-5-9-18-15/h3-10H,1-2H3,(H2,17,20). The second-order valence-electron chi connectivity index (χ2n) is 4.55. The van der Waals surface area contributed by atoms with Gasteiger partial charge >= 0.3 is 0 Å². The second kappa shape index (κ2) is 5.96. The molecule has 0 aliphatic carbocycles. The van der Waals surface area contributed by atoms with Gasteiger partial charge in [-0.1, -0.05) is 30.4 Å². The van der Waals surface area contributed by atoms with E-state index in [1.807, 2.05) is 31.0 Å². The van der Waals surface area contributed by atoms with E-state index in [4.69, 9.17) is 18.0 Å². The van der Waals surface area contributed by atoms with Crippen LogP contribution in [-0.2, 0) is 0 Å². The number of thiocarbonyl (C=S) groups is 1. The highest BCUT2D eigenvalue weighted by molar-refractivity contribution is 7.80. The maximum atomic E-state index is 13.9. The summed E-state index contributed by atoms with van der Waals surface area (Å²) in [4.78, 5) is 6.46. The molecule has 0 spiro atoms. The normalized spacial score (nSPS) is 11.9. The molecule has 1 heterocycles. The molecule has 1 aromatic heterocycles. The fourth-order valence-corrected chi connectivity index (χ4v) is 2.24. The first-order valence-electron chi connectivity index (χ1n) is 6.24. The lowest BCUT2D eigenvalue weighted by Crippen LogP contribution is -2.26. The van der Waals surface area contributed by atoms with Crippen LogP contribution in [0.25, 0.3) is 0 Å². The van der Waals surface area contributed by atoms with Gasteiger partial charge in [-0.3, -0.25) is 0 Å². The van der Waals surface area contributed by atoms with E-state index in [0.717, 1.165) is 0 Å². The molecule has 5 heteroatoms. The van der Waals surface area contributed by atoms with Crippen LogP contribution in [0.3, 0.4) is 0 Å². The maximum absolute atomic E-state index is 13.9. The van der Waals surface area contributed by atoms with E-state index in [9.17, 15) is 4.39 Å². The van der Waals surface area contributed by atoms with Gasteiger partial charge in [0.15, 0.2) is 0 Å². The Kier molecular flexibility index (Phi) is 4.29. The Morgan fingerprint density at radius 2 is 2.00 bits per heavy atom. The quantitative estimate of drug-likeness (QED) is 0.878. The van der Waals surface area contributed by atoms with Gasteiger partial charge in [0.2, 0.25) is 0 Å². The number of hydrogen-bond acceptors (Lipinski definition) is 3. The van der Waals surface area contributed by atoms with Gasteiger partial charge in [0.1, 0.15) is 16.6 Å². The molecule has 0 radical (unpaired) electrons. The van der Waals surface area contributed by atoms with Gasteiger partial charge in [-0.15, -0.1) is 0 Å². The zero-order valence-corrected chi connectivity index (χ0v) is 12.2. The highest BCUT2D eigenvalue weighted by Gasteiger charge is 2.19. The number of pyridine rings is 1. The SMILES string of the molecule is CC(c1ccccc1F)N(C)c1ncccc1C(N)=S. The Morgan fingerprint density at radius 1 is 1.30 bits per heavy atom. The first kappa shape index (κ1) is 14.4. The number of benzene rings is 1. The summed E-state index contributed by atoms with van der Waals surface area (Å²) in [5.41, 5.74) is 7.01. The third-order valence-electron chi connectivity index (χ3n) is 3.32. The van der Waals surface area contributed by atoms with Crippen molar-refractivity contribution in [1.29, 1.82) is 0 Å². The van der Waals surface area contributed by atoms with E-state index >= 15 is 0 Å². The second-order valence-corrected chi connectivity index (χ2v) is 4.99. The first-order valence-corrected chi connectivity index (χ1v) is 6.65. The summed E-state index contributed by atoms with van der Waals surface area (Å²) in [6.07, 6.45) is 1.67. The van der Waals surface area contributed by atoms with Crippen LogP contribution >= 0.6 is 12.2 Å². The summed E-state index contributed by atoms with van der Waals surface area (Å²) < 4.78 is 13.9. The van der Waals surface area contributed by atoms with Gasteiger partial charge < -0.3 is 10.6 Å². The Balaban J connectivity index is 2.39. The number of anilines is 1. The molecule has 0 bridgehead atoms. The molecule has 0 amide bonds. The van der Waals surface area contributed by atoms with Crippen LogP contribution in [-0.4, -0.2) is 17.0 Å². The highest BCUT2D eigenvalue weighted by atomic mass is 32.1. The van der Waals surface area contributed by atoms with Crippen LogP contribution in [0.2, 0.25) is 0 Å². The lowest BCUT2D eigenvalue weighted by Gasteiger charge is -2.28. The lowest BCUT2D eigenvalue weighted by atomic mass is 10.1. The number of aromatic nitrogens is 1. The Bertz CT molecular complexity index is 630. The number of nitrogens with two attached hydrogens (primary N) is 1. The van der Waals surface area contributed by atoms with Crippen molar-refractivity contribution in [3.8, 4) is 0 Å². The fraction of sp³-hybridized carbons (Fsp3) is 0.200. The third kappa shape index (κ3) is 2.77. The Labute approximate surface area is 123 Å². The average molecular weight is 289 g/mol. The summed E-state index contributed by atoms with van der Waals surface area (Å²) in [6, 6.07) is 10.1. The van der Waals surface area contributed by atoms with Crippen molar-refractivity contribution < 1.29 is 4.39 Å². The third-order valence-corrected chi connectivity index (χ3v) is 3.54. The van der Waals surface area contributed by atoms with E-state index in [2.05, 4.69) is 4.98 Å². The molecule has 0 fully saturated rings. The van der Waals surface area contributed by atoms with Crippen molar-refractivity contribution in [3.05, 3.63) is 59.5 Å². The van der Waals surface area contributed by atoms with Crippen molar-refractivity contribution in [2.75, 3.05) is 11.9 Å². The minimum absolute atomic E-state index is 0.181. The summed E-state index contributed by atoms with van der Waals surface area (Å²) in [5.74, 6) is 0.412. The number of hydrogen-bond donors (Lipinski definition) is 1. The van der Waals surface area contributed by atoms with Crippen molar-refractivity contribution in [2.45, 2.75) is 13.0 Å². The smallest absolute Gasteiger partial charge is 0.139 e.